The van der Waals surface area contributed by atoms with Gasteiger partial charge in [-0.25, -0.2) is 13.2 Å². The van der Waals surface area contributed by atoms with Crippen LogP contribution in [0.4, 0.5) is 18.9 Å². The second-order valence-electron chi connectivity index (χ2n) is 6.00. The van der Waals surface area contributed by atoms with Crippen LogP contribution < -0.4 is 15.4 Å². The quantitative estimate of drug-likeness (QED) is 0.587. The molecule has 2 rings (SSSR count). The summed E-state index contributed by atoms with van der Waals surface area (Å²) in [7, 11) is -4.15. The van der Waals surface area contributed by atoms with Crippen molar-refractivity contribution in [1.82, 2.24) is 10.0 Å². The van der Waals surface area contributed by atoms with E-state index in [1.165, 1.54) is 11.6 Å². The number of carbonyl (C=O) groups is 3. The third-order valence-electron chi connectivity index (χ3n) is 3.98. The molecular formula is C16H16F3N3O6S. The fraction of sp³-hybridized carbons (Fsp3) is 0.312. The zero-order valence-electron chi connectivity index (χ0n) is 15.3. The van der Waals surface area contributed by atoms with Gasteiger partial charge in [0.15, 0.2) is 0 Å². The van der Waals surface area contributed by atoms with Crippen molar-refractivity contribution in [2.45, 2.75) is 30.5 Å². The van der Waals surface area contributed by atoms with E-state index in [9.17, 15) is 36.0 Å². The summed E-state index contributed by atoms with van der Waals surface area (Å²) in [6, 6.07) is 4.15. The second-order valence-corrected chi connectivity index (χ2v) is 7.69. The van der Waals surface area contributed by atoms with E-state index < -0.39 is 55.7 Å². The first-order valence-electron chi connectivity index (χ1n) is 7.85. The lowest BCUT2D eigenvalue weighted by Crippen LogP contribution is -2.65. The van der Waals surface area contributed by atoms with Crippen molar-refractivity contribution in [2.24, 2.45) is 0 Å². The number of ether oxygens (including phenoxy) is 1. The first-order chi connectivity index (χ1) is 13.3. The van der Waals surface area contributed by atoms with Crippen LogP contribution in [0.1, 0.15) is 13.8 Å². The predicted molar refractivity (Wildman–Crippen MR) is 92.7 cm³/mol. The number of amides is 2. The van der Waals surface area contributed by atoms with Crippen LogP contribution in [-0.4, -0.2) is 45.0 Å². The van der Waals surface area contributed by atoms with Crippen LogP contribution in [-0.2, 0) is 29.1 Å². The number of allylic oxidation sites excluding steroid dienone is 1. The number of esters is 1. The van der Waals surface area contributed by atoms with Crippen molar-refractivity contribution in [3.05, 3.63) is 35.5 Å². The molecule has 0 spiro atoms. The normalized spacial score (nSPS) is 19.7. The molecule has 29 heavy (non-hydrogen) atoms. The second kappa shape index (κ2) is 7.48. The Kier molecular flexibility index (Phi) is 5.77. The number of alkyl halides is 3. The molecule has 3 N–H and O–H groups in total. The van der Waals surface area contributed by atoms with Gasteiger partial charge in [0.1, 0.15) is 0 Å². The Morgan fingerprint density at radius 2 is 1.72 bits per heavy atom. The van der Waals surface area contributed by atoms with Crippen LogP contribution in [0.3, 0.4) is 0 Å². The molecule has 1 aromatic rings. The number of methoxy groups -OCH3 is 1. The topological polar surface area (TPSA) is 131 Å². The van der Waals surface area contributed by atoms with Gasteiger partial charge in [-0.3, -0.25) is 9.59 Å². The highest BCUT2D eigenvalue weighted by Gasteiger charge is 2.69. The van der Waals surface area contributed by atoms with Crippen LogP contribution in [0.5, 0.6) is 0 Å². The average molecular weight is 435 g/mol. The van der Waals surface area contributed by atoms with E-state index >= 15 is 0 Å². The number of benzene rings is 1. The molecule has 0 fully saturated rings. The van der Waals surface area contributed by atoms with E-state index in [0.29, 0.717) is 0 Å². The van der Waals surface area contributed by atoms with Crippen molar-refractivity contribution < 1.29 is 40.7 Å². The van der Waals surface area contributed by atoms with Gasteiger partial charge in [0.2, 0.25) is 21.5 Å². The highest BCUT2D eigenvalue weighted by atomic mass is 32.2. The molecule has 2 amide bonds. The minimum absolute atomic E-state index is 0.201. The molecule has 0 aromatic heterocycles. The van der Waals surface area contributed by atoms with Crippen molar-refractivity contribution in [3.63, 3.8) is 0 Å². The van der Waals surface area contributed by atoms with Crippen LogP contribution >= 0.6 is 0 Å². The van der Waals surface area contributed by atoms with Gasteiger partial charge in [0, 0.05) is 18.3 Å². The maximum atomic E-state index is 14.0. The Bertz CT molecular complexity index is 1000. The van der Waals surface area contributed by atoms with E-state index in [1.807, 2.05) is 5.32 Å². The van der Waals surface area contributed by atoms with Gasteiger partial charge in [-0.2, -0.15) is 17.9 Å². The SMILES string of the molecule is COC(=O)C1=C(C)NC(=O)[C@]1(NS(=O)(=O)c1ccc(NC(C)=O)cc1)C(F)(F)F. The zero-order valence-corrected chi connectivity index (χ0v) is 16.1. The molecule has 1 aliphatic rings. The van der Waals surface area contributed by atoms with Gasteiger partial charge in [-0.1, -0.05) is 0 Å². The first kappa shape index (κ1) is 22.4. The van der Waals surface area contributed by atoms with Crippen molar-refractivity contribution in [3.8, 4) is 0 Å². The van der Waals surface area contributed by atoms with E-state index in [4.69, 9.17) is 0 Å². The lowest BCUT2D eigenvalue weighted by molar-refractivity contribution is -0.186. The molecule has 0 saturated heterocycles. The Hall–Kier alpha value is -2.93. The number of carbonyl (C=O) groups excluding carboxylic acids is 3. The van der Waals surface area contributed by atoms with Gasteiger partial charge < -0.3 is 15.4 Å². The molecule has 1 atom stereocenters. The summed E-state index contributed by atoms with van der Waals surface area (Å²) in [6.07, 6.45) is -5.51. The number of halogens is 3. The van der Waals surface area contributed by atoms with Gasteiger partial charge in [0.25, 0.3) is 5.91 Å². The third-order valence-corrected chi connectivity index (χ3v) is 5.45. The number of rotatable bonds is 5. The molecule has 1 aromatic carbocycles. The predicted octanol–water partition coefficient (Wildman–Crippen LogP) is 0.801. The Labute approximate surface area is 163 Å². The van der Waals surface area contributed by atoms with E-state index in [2.05, 4.69) is 10.1 Å². The fourth-order valence-electron chi connectivity index (χ4n) is 2.74. The Balaban J connectivity index is 2.57. The maximum absolute atomic E-state index is 14.0. The number of hydrogen-bond donors (Lipinski definition) is 3. The monoisotopic (exact) mass is 435 g/mol. The highest BCUT2D eigenvalue weighted by Crippen LogP contribution is 2.42. The van der Waals surface area contributed by atoms with E-state index in [-0.39, 0.29) is 5.69 Å². The lowest BCUT2D eigenvalue weighted by atomic mass is 9.91. The average Bonchev–Trinajstić information content (AvgIpc) is 2.84. The summed E-state index contributed by atoms with van der Waals surface area (Å²) in [5, 5.41) is 4.19. The Morgan fingerprint density at radius 3 is 2.17 bits per heavy atom. The molecule has 158 valence electrons. The summed E-state index contributed by atoms with van der Waals surface area (Å²) < 4.78 is 72.8. The van der Waals surface area contributed by atoms with Crippen molar-refractivity contribution in [1.29, 1.82) is 0 Å². The molecule has 1 heterocycles. The molecule has 0 saturated carbocycles. The van der Waals surface area contributed by atoms with Gasteiger partial charge in [-0.15, -0.1) is 0 Å². The number of sulfonamides is 1. The molecule has 1 aliphatic heterocycles. The van der Waals surface area contributed by atoms with E-state index in [1.54, 1.807) is 0 Å². The standard InChI is InChI=1S/C16H16F3N3O6S/c1-8-12(13(24)28-3)15(14(25)20-8,16(17,18)19)22-29(26,27)11-6-4-10(5-7-11)21-9(2)23/h4-7,22H,1-3H3,(H,20,25)(H,21,23)/t15-/m0/s1. The molecule has 9 nitrogen and oxygen atoms in total. The van der Waals surface area contributed by atoms with Gasteiger partial charge in [-0.05, 0) is 31.2 Å². The largest absolute Gasteiger partial charge is 0.466 e. The lowest BCUT2D eigenvalue weighted by Gasteiger charge is -2.31. The molecule has 0 bridgehead atoms. The smallest absolute Gasteiger partial charge is 0.421 e. The number of nitrogens with one attached hydrogen (secondary N) is 3. The van der Waals surface area contributed by atoms with Crippen LogP contribution in [0, 0.1) is 0 Å². The molecule has 0 aliphatic carbocycles. The maximum Gasteiger partial charge on any atom is 0.421 e. The molecule has 0 radical (unpaired) electrons. The fourth-order valence-corrected chi connectivity index (χ4v) is 4.06. The summed E-state index contributed by atoms with van der Waals surface area (Å²) in [5.74, 6) is -3.76. The highest BCUT2D eigenvalue weighted by molar-refractivity contribution is 7.89. The molecular weight excluding hydrogens is 419 g/mol. The summed E-state index contributed by atoms with van der Waals surface area (Å²) in [6.45, 7) is 2.22. The van der Waals surface area contributed by atoms with Crippen LogP contribution in [0.25, 0.3) is 0 Å². The molecule has 13 heteroatoms. The molecule has 0 unspecified atom stereocenters. The minimum atomic E-state index is -5.51. The van der Waals surface area contributed by atoms with Gasteiger partial charge in [0.05, 0.1) is 17.6 Å². The van der Waals surface area contributed by atoms with Crippen LogP contribution in [0.15, 0.2) is 40.4 Å². The van der Waals surface area contributed by atoms with Crippen molar-refractivity contribution >= 4 is 33.5 Å². The number of anilines is 1. The summed E-state index contributed by atoms with van der Waals surface area (Å²) in [4.78, 5) is 34.6. The van der Waals surface area contributed by atoms with Crippen molar-refractivity contribution in [2.75, 3.05) is 12.4 Å². The first-order valence-corrected chi connectivity index (χ1v) is 9.34. The van der Waals surface area contributed by atoms with Gasteiger partial charge >= 0.3 is 12.1 Å². The summed E-state index contributed by atoms with van der Waals surface area (Å²) in [5.41, 5.74) is -5.38. The van der Waals surface area contributed by atoms with Crippen LogP contribution in [0.2, 0.25) is 0 Å². The zero-order chi connectivity index (χ0) is 22.2. The Morgan fingerprint density at radius 1 is 1.17 bits per heavy atom. The summed E-state index contributed by atoms with van der Waals surface area (Å²) >= 11 is 0. The number of hydrogen-bond acceptors (Lipinski definition) is 6. The van der Waals surface area contributed by atoms with E-state index in [0.717, 1.165) is 38.3 Å². The minimum Gasteiger partial charge on any atom is -0.466 e. The third kappa shape index (κ3) is 3.96.